The number of aryl methyl sites for hydroxylation is 1. The highest BCUT2D eigenvalue weighted by atomic mass is 16.5. The fourth-order valence-corrected chi connectivity index (χ4v) is 2.80. The van der Waals surface area contributed by atoms with Crippen LogP contribution in [-0.4, -0.2) is 30.5 Å². The van der Waals surface area contributed by atoms with E-state index in [1.165, 1.54) is 0 Å². The van der Waals surface area contributed by atoms with Crippen LogP contribution in [0.4, 0.5) is 5.69 Å². The number of fused-ring (bicyclic) bond motifs is 1. The zero-order chi connectivity index (χ0) is 19.1. The summed E-state index contributed by atoms with van der Waals surface area (Å²) in [6.45, 7) is 0.0170. The molecule has 3 aromatic rings. The van der Waals surface area contributed by atoms with E-state index in [0.717, 1.165) is 16.5 Å². The Hall–Kier alpha value is -3.48. The van der Waals surface area contributed by atoms with E-state index in [1.807, 2.05) is 48.7 Å². The second-order valence-corrected chi connectivity index (χ2v) is 6.01. The lowest BCUT2D eigenvalue weighted by molar-refractivity contribution is -0.128. The van der Waals surface area contributed by atoms with Gasteiger partial charge in [-0.2, -0.15) is 0 Å². The third kappa shape index (κ3) is 4.78. The van der Waals surface area contributed by atoms with Gasteiger partial charge in [-0.15, -0.1) is 0 Å². The highest BCUT2D eigenvalue weighted by Crippen LogP contribution is 2.22. The topological polar surface area (TPSA) is 95.2 Å². The molecule has 7 heteroatoms. The van der Waals surface area contributed by atoms with Crippen LogP contribution in [0.5, 0.6) is 5.75 Å². The molecule has 4 N–H and O–H groups in total. The van der Waals surface area contributed by atoms with E-state index in [4.69, 9.17) is 4.74 Å². The Kier molecular flexibility index (Phi) is 5.94. The number of hydrogen-bond acceptors (Lipinski definition) is 4. The van der Waals surface area contributed by atoms with Gasteiger partial charge in [0.15, 0.2) is 0 Å². The zero-order valence-electron chi connectivity index (χ0n) is 15.0. The molecule has 1 aromatic heterocycles. The molecule has 0 atom stereocenters. The SMILES string of the molecule is COc1ccccc1NCC(=O)NNC(=O)CCc1c[nH]c2ccccc12. The minimum Gasteiger partial charge on any atom is -0.495 e. The number of aromatic amines is 1. The summed E-state index contributed by atoms with van der Waals surface area (Å²) < 4.78 is 5.21. The number of carbonyl (C=O) groups is 2. The normalized spacial score (nSPS) is 10.4. The number of hydrogen-bond donors (Lipinski definition) is 4. The van der Waals surface area contributed by atoms with E-state index in [0.29, 0.717) is 17.9 Å². The molecule has 0 aliphatic carbocycles. The lowest BCUT2D eigenvalue weighted by atomic mass is 10.1. The Balaban J connectivity index is 1.41. The van der Waals surface area contributed by atoms with Gasteiger partial charge in [0.1, 0.15) is 5.75 Å². The van der Waals surface area contributed by atoms with Crippen molar-refractivity contribution in [2.75, 3.05) is 19.0 Å². The number of aromatic nitrogens is 1. The summed E-state index contributed by atoms with van der Waals surface area (Å²) in [5.41, 5.74) is 7.67. The van der Waals surface area contributed by atoms with Crippen molar-refractivity contribution in [3.63, 3.8) is 0 Å². The maximum Gasteiger partial charge on any atom is 0.257 e. The van der Waals surface area contributed by atoms with Gasteiger partial charge >= 0.3 is 0 Å². The summed E-state index contributed by atoms with van der Waals surface area (Å²) in [7, 11) is 1.56. The number of benzene rings is 2. The first kappa shape index (κ1) is 18.3. The van der Waals surface area contributed by atoms with Crippen LogP contribution in [0, 0.1) is 0 Å². The number of H-pyrrole nitrogens is 1. The van der Waals surface area contributed by atoms with E-state index >= 15 is 0 Å². The van der Waals surface area contributed by atoms with Crippen LogP contribution < -0.4 is 20.9 Å². The maximum absolute atomic E-state index is 12.0. The molecule has 27 heavy (non-hydrogen) atoms. The summed E-state index contributed by atoms with van der Waals surface area (Å²) in [4.78, 5) is 27.1. The Morgan fingerprint density at radius 1 is 1.00 bits per heavy atom. The van der Waals surface area contributed by atoms with Gasteiger partial charge in [0.25, 0.3) is 5.91 Å². The Bertz CT molecular complexity index is 936. The van der Waals surface area contributed by atoms with Gasteiger partial charge in [0.05, 0.1) is 19.3 Å². The number of anilines is 1. The van der Waals surface area contributed by atoms with Gasteiger partial charge in [-0.3, -0.25) is 20.4 Å². The third-order valence-corrected chi connectivity index (χ3v) is 4.18. The lowest BCUT2D eigenvalue weighted by Crippen LogP contribution is -2.44. The Morgan fingerprint density at radius 3 is 2.59 bits per heavy atom. The molecule has 0 aliphatic rings. The standard InChI is InChI=1S/C20H22N4O3/c1-27-18-9-5-4-8-17(18)22-13-20(26)24-23-19(25)11-10-14-12-21-16-7-3-2-6-15(14)16/h2-9,12,21-22H,10-11,13H2,1H3,(H,23,25)(H,24,26). The molecule has 0 saturated heterocycles. The average Bonchev–Trinajstić information content (AvgIpc) is 3.12. The van der Waals surface area contributed by atoms with Crippen molar-refractivity contribution in [1.82, 2.24) is 15.8 Å². The largest absolute Gasteiger partial charge is 0.495 e. The fraction of sp³-hybridized carbons (Fsp3) is 0.200. The monoisotopic (exact) mass is 366 g/mol. The minimum absolute atomic E-state index is 0.0170. The molecule has 0 fully saturated rings. The molecule has 1 heterocycles. The van der Waals surface area contributed by atoms with E-state index in [1.54, 1.807) is 13.2 Å². The first-order chi connectivity index (χ1) is 13.2. The van der Waals surface area contributed by atoms with E-state index in [9.17, 15) is 9.59 Å². The van der Waals surface area contributed by atoms with E-state index in [2.05, 4.69) is 21.2 Å². The van der Waals surface area contributed by atoms with E-state index < -0.39 is 0 Å². The van der Waals surface area contributed by atoms with Gasteiger partial charge in [0.2, 0.25) is 5.91 Å². The molecule has 2 aromatic carbocycles. The molecule has 0 spiro atoms. The molecule has 7 nitrogen and oxygen atoms in total. The molecule has 0 aliphatic heterocycles. The highest BCUT2D eigenvalue weighted by Gasteiger charge is 2.09. The quantitative estimate of drug-likeness (QED) is 0.483. The highest BCUT2D eigenvalue weighted by molar-refractivity contribution is 5.86. The summed E-state index contributed by atoms with van der Waals surface area (Å²) in [5.74, 6) is 0.0559. The van der Waals surface area contributed by atoms with Crippen LogP contribution in [0.2, 0.25) is 0 Å². The van der Waals surface area contributed by atoms with Crippen molar-refractivity contribution in [2.45, 2.75) is 12.8 Å². The number of carbonyl (C=O) groups excluding carboxylic acids is 2. The van der Waals surface area contributed by atoms with Crippen molar-refractivity contribution in [1.29, 1.82) is 0 Å². The average molecular weight is 366 g/mol. The van der Waals surface area contributed by atoms with Gasteiger partial charge in [-0.25, -0.2) is 0 Å². The summed E-state index contributed by atoms with van der Waals surface area (Å²) in [5, 5.41) is 4.08. The van der Waals surface area contributed by atoms with Crippen molar-refractivity contribution >= 4 is 28.4 Å². The molecule has 0 saturated carbocycles. The van der Waals surface area contributed by atoms with Gasteiger partial charge in [0, 0.05) is 23.5 Å². The van der Waals surface area contributed by atoms with Crippen molar-refractivity contribution in [3.05, 3.63) is 60.3 Å². The van der Waals surface area contributed by atoms with Crippen LogP contribution in [0.15, 0.2) is 54.7 Å². The first-order valence-electron chi connectivity index (χ1n) is 8.67. The molecule has 0 unspecified atom stereocenters. The van der Waals surface area contributed by atoms with Crippen LogP contribution in [0.25, 0.3) is 10.9 Å². The summed E-state index contributed by atoms with van der Waals surface area (Å²) in [6, 6.07) is 15.2. The number of hydrazine groups is 1. The summed E-state index contributed by atoms with van der Waals surface area (Å²) >= 11 is 0. The Labute approximate surface area is 157 Å². The van der Waals surface area contributed by atoms with E-state index in [-0.39, 0.29) is 24.8 Å². The van der Waals surface area contributed by atoms with Gasteiger partial charge in [-0.1, -0.05) is 30.3 Å². The molecular formula is C20H22N4O3. The number of methoxy groups -OCH3 is 1. The van der Waals surface area contributed by atoms with Crippen molar-refractivity contribution < 1.29 is 14.3 Å². The number of nitrogens with one attached hydrogen (secondary N) is 4. The number of para-hydroxylation sites is 3. The predicted octanol–water partition coefficient (Wildman–Crippen LogP) is 2.37. The number of rotatable bonds is 7. The second kappa shape index (κ2) is 8.75. The van der Waals surface area contributed by atoms with Crippen molar-refractivity contribution in [3.8, 4) is 5.75 Å². The first-order valence-corrected chi connectivity index (χ1v) is 8.67. The fourth-order valence-electron chi connectivity index (χ4n) is 2.80. The van der Waals surface area contributed by atoms with Gasteiger partial charge < -0.3 is 15.0 Å². The second-order valence-electron chi connectivity index (χ2n) is 6.01. The summed E-state index contributed by atoms with van der Waals surface area (Å²) in [6.07, 6.45) is 2.78. The molecule has 140 valence electrons. The zero-order valence-corrected chi connectivity index (χ0v) is 15.0. The van der Waals surface area contributed by atoms with Crippen LogP contribution >= 0.6 is 0 Å². The molecular weight excluding hydrogens is 344 g/mol. The predicted molar refractivity (Wildman–Crippen MR) is 104 cm³/mol. The number of amides is 2. The minimum atomic E-state index is -0.346. The number of ether oxygens (including phenoxy) is 1. The van der Waals surface area contributed by atoms with Crippen LogP contribution in [0.1, 0.15) is 12.0 Å². The molecule has 0 bridgehead atoms. The van der Waals surface area contributed by atoms with Gasteiger partial charge in [-0.05, 0) is 30.2 Å². The maximum atomic E-state index is 12.0. The smallest absolute Gasteiger partial charge is 0.257 e. The molecule has 3 rings (SSSR count). The molecule has 0 radical (unpaired) electrons. The lowest BCUT2D eigenvalue weighted by Gasteiger charge is -2.11. The van der Waals surface area contributed by atoms with Crippen LogP contribution in [-0.2, 0) is 16.0 Å². The third-order valence-electron chi connectivity index (χ3n) is 4.18. The molecule has 2 amide bonds. The Morgan fingerprint density at radius 2 is 1.74 bits per heavy atom. The van der Waals surface area contributed by atoms with Crippen molar-refractivity contribution in [2.24, 2.45) is 0 Å². The van der Waals surface area contributed by atoms with Crippen LogP contribution in [0.3, 0.4) is 0 Å².